The van der Waals surface area contributed by atoms with Crippen LogP contribution >= 0.6 is 11.6 Å². The van der Waals surface area contributed by atoms with Gasteiger partial charge in [-0.05, 0) is 36.9 Å². The van der Waals surface area contributed by atoms with Gasteiger partial charge in [0.25, 0.3) is 0 Å². The van der Waals surface area contributed by atoms with E-state index in [1.54, 1.807) is 6.07 Å². The van der Waals surface area contributed by atoms with Gasteiger partial charge in [0, 0.05) is 56.1 Å². The topological polar surface area (TPSA) is 71.7 Å². The molecule has 1 saturated heterocycles. The fraction of sp³-hybridized carbons (Fsp3) is 0.250. The van der Waals surface area contributed by atoms with Gasteiger partial charge in [0.1, 0.15) is 5.75 Å². The number of carbonyl (C=O) groups excluding carboxylic acids is 1. The molecule has 3 aromatic rings. The number of halogens is 1. The molecule has 0 saturated carbocycles. The summed E-state index contributed by atoms with van der Waals surface area (Å²) < 4.78 is 5.83. The highest BCUT2D eigenvalue weighted by molar-refractivity contribution is 6.30. The number of nitrogens with two attached hydrogens (primary N) is 1. The molecule has 2 N–H and O–H groups in total. The zero-order valence-electron chi connectivity index (χ0n) is 17.4. The monoisotopic (exact) mass is 436 g/mol. The summed E-state index contributed by atoms with van der Waals surface area (Å²) in [6.07, 6.45) is 1.75. The predicted octanol–water partition coefficient (Wildman–Crippen LogP) is 4.29. The van der Waals surface area contributed by atoms with E-state index in [4.69, 9.17) is 22.1 Å². The number of hydrogen-bond acceptors (Lipinski definition) is 6. The predicted molar refractivity (Wildman–Crippen MR) is 124 cm³/mol. The molecule has 4 rings (SSSR count). The summed E-state index contributed by atoms with van der Waals surface area (Å²) in [5.41, 5.74) is 8.53. The zero-order chi connectivity index (χ0) is 21.8. The maximum absolute atomic E-state index is 13.0. The lowest BCUT2D eigenvalue weighted by atomic mass is 10.0. The number of piperazine rings is 1. The second kappa shape index (κ2) is 9.37. The van der Waals surface area contributed by atoms with Crippen molar-refractivity contribution < 1.29 is 9.53 Å². The minimum atomic E-state index is 0.0667. The Bertz CT molecular complexity index is 1080. The van der Waals surface area contributed by atoms with Crippen molar-refractivity contribution in [2.45, 2.75) is 6.42 Å². The lowest BCUT2D eigenvalue weighted by molar-refractivity contribution is 0.0993. The number of aromatic nitrogens is 1. The number of rotatable bonds is 6. The van der Waals surface area contributed by atoms with E-state index in [1.165, 1.54) is 6.20 Å². The van der Waals surface area contributed by atoms with Crippen molar-refractivity contribution in [3.05, 3.63) is 76.9 Å². The van der Waals surface area contributed by atoms with Crippen molar-refractivity contribution >= 4 is 28.9 Å². The van der Waals surface area contributed by atoms with Crippen LogP contribution in [-0.4, -0.2) is 48.9 Å². The number of Topliss-reactive ketones (excluding diaryl/α,β-unsaturated/α-hetero) is 1. The third-order valence-corrected chi connectivity index (χ3v) is 5.58. The Labute approximate surface area is 187 Å². The van der Waals surface area contributed by atoms with Gasteiger partial charge in [-0.3, -0.25) is 4.79 Å². The third-order valence-electron chi connectivity index (χ3n) is 5.38. The molecule has 0 bridgehead atoms. The summed E-state index contributed by atoms with van der Waals surface area (Å²) in [6.45, 7) is 3.99. The zero-order valence-corrected chi connectivity index (χ0v) is 18.2. The van der Waals surface area contributed by atoms with Crippen LogP contribution in [0, 0.1) is 0 Å². The third kappa shape index (κ3) is 5.34. The minimum Gasteiger partial charge on any atom is -0.453 e. The molecule has 1 aromatic heterocycles. The SMILES string of the molecule is CN1CCN(c2cccc(C(=O)Cc3cccc(Oc4cc(Cl)cnc4N)c3)c2)CC1. The number of pyridine rings is 1. The Hall–Kier alpha value is -3.09. The summed E-state index contributed by atoms with van der Waals surface area (Å²) >= 11 is 5.98. The quantitative estimate of drug-likeness (QED) is 0.581. The first-order valence-electron chi connectivity index (χ1n) is 10.2. The molecule has 160 valence electrons. The van der Waals surface area contributed by atoms with Crippen LogP contribution in [0.5, 0.6) is 11.5 Å². The Kier molecular flexibility index (Phi) is 6.39. The first kappa shape index (κ1) is 21.2. The average molecular weight is 437 g/mol. The molecule has 0 radical (unpaired) electrons. The van der Waals surface area contributed by atoms with E-state index in [9.17, 15) is 4.79 Å². The molecule has 0 amide bonds. The van der Waals surface area contributed by atoms with Gasteiger partial charge in [-0.1, -0.05) is 35.9 Å². The number of anilines is 2. The number of likely N-dealkylation sites (N-methyl/N-ethyl adjacent to an activating group) is 1. The second-order valence-corrected chi connectivity index (χ2v) is 8.16. The molecule has 0 aliphatic carbocycles. The van der Waals surface area contributed by atoms with Gasteiger partial charge >= 0.3 is 0 Å². The lowest BCUT2D eigenvalue weighted by Crippen LogP contribution is -2.44. The Morgan fingerprint density at radius 2 is 1.87 bits per heavy atom. The molecule has 0 atom stereocenters. The number of ketones is 1. The van der Waals surface area contributed by atoms with Crippen molar-refractivity contribution in [2.75, 3.05) is 43.9 Å². The van der Waals surface area contributed by atoms with E-state index in [-0.39, 0.29) is 18.0 Å². The maximum Gasteiger partial charge on any atom is 0.170 e. The largest absolute Gasteiger partial charge is 0.453 e. The molecule has 6 nitrogen and oxygen atoms in total. The van der Waals surface area contributed by atoms with Crippen LogP contribution < -0.4 is 15.4 Å². The van der Waals surface area contributed by atoms with E-state index < -0.39 is 0 Å². The van der Waals surface area contributed by atoms with Crippen molar-refractivity contribution in [3.63, 3.8) is 0 Å². The normalized spacial score (nSPS) is 14.5. The van der Waals surface area contributed by atoms with E-state index >= 15 is 0 Å². The number of benzene rings is 2. The molecule has 31 heavy (non-hydrogen) atoms. The van der Waals surface area contributed by atoms with E-state index in [0.717, 1.165) is 37.4 Å². The van der Waals surface area contributed by atoms with Crippen LogP contribution in [-0.2, 0) is 6.42 Å². The molecule has 1 aliphatic rings. The van der Waals surface area contributed by atoms with Gasteiger partial charge < -0.3 is 20.3 Å². The molecule has 1 aliphatic heterocycles. The molecule has 0 spiro atoms. The van der Waals surface area contributed by atoms with Crippen LogP contribution in [0.25, 0.3) is 0 Å². The van der Waals surface area contributed by atoms with Crippen LogP contribution in [0.15, 0.2) is 60.8 Å². The van der Waals surface area contributed by atoms with Crippen LogP contribution in [0.4, 0.5) is 11.5 Å². The summed E-state index contributed by atoms with van der Waals surface area (Å²) in [6, 6.07) is 16.9. The molecular formula is C24H25ClN4O2. The van der Waals surface area contributed by atoms with E-state index in [2.05, 4.69) is 27.9 Å². The smallest absolute Gasteiger partial charge is 0.170 e. The van der Waals surface area contributed by atoms with Crippen LogP contribution in [0.2, 0.25) is 5.02 Å². The number of hydrogen-bond donors (Lipinski definition) is 1. The van der Waals surface area contributed by atoms with Gasteiger partial charge in [0.05, 0.1) is 5.02 Å². The highest BCUT2D eigenvalue weighted by Gasteiger charge is 2.16. The average Bonchev–Trinajstić information content (AvgIpc) is 2.77. The molecule has 2 heterocycles. The molecule has 2 aromatic carbocycles. The Balaban J connectivity index is 1.46. The first-order chi connectivity index (χ1) is 15.0. The van der Waals surface area contributed by atoms with Crippen molar-refractivity contribution in [3.8, 4) is 11.5 Å². The molecular weight excluding hydrogens is 412 g/mol. The summed E-state index contributed by atoms with van der Waals surface area (Å²) in [5.74, 6) is 1.28. The summed E-state index contributed by atoms with van der Waals surface area (Å²) in [7, 11) is 2.13. The Morgan fingerprint density at radius 1 is 1.10 bits per heavy atom. The second-order valence-electron chi connectivity index (χ2n) is 7.73. The molecule has 7 heteroatoms. The minimum absolute atomic E-state index is 0.0667. The standard InChI is InChI=1S/C24H25ClN4O2/c1-28-8-10-29(11-9-28)20-6-3-5-18(14-20)22(30)13-17-4-2-7-21(12-17)31-23-15-19(25)16-27-24(23)26/h2-7,12,14-16H,8-11,13H2,1H3,(H2,26,27). The highest BCUT2D eigenvalue weighted by atomic mass is 35.5. The number of ether oxygens (including phenoxy) is 1. The van der Waals surface area contributed by atoms with E-state index in [1.807, 2.05) is 42.5 Å². The van der Waals surface area contributed by atoms with Gasteiger partial charge in [-0.2, -0.15) is 0 Å². The van der Waals surface area contributed by atoms with Crippen molar-refractivity contribution in [2.24, 2.45) is 0 Å². The number of carbonyl (C=O) groups is 1. The molecule has 0 unspecified atom stereocenters. The van der Waals surface area contributed by atoms with Gasteiger partial charge in [-0.15, -0.1) is 0 Å². The van der Waals surface area contributed by atoms with Crippen LogP contribution in [0.1, 0.15) is 15.9 Å². The number of nitrogens with zero attached hydrogens (tertiary/aromatic N) is 3. The van der Waals surface area contributed by atoms with Gasteiger partial charge in [0.2, 0.25) is 0 Å². The summed E-state index contributed by atoms with van der Waals surface area (Å²) in [4.78, 5) is 21.6. The van der Waals surface area contributed by atoms with Crippen molar-refractivity contribution in [1.82, 2.24) is 9.88 Å². The molecule has 1 fully saturated rings. The van der Waals surface area contributed by atoms with Gasteiger partial charge in [-0.25, -0.2) is 4.98 Å². The first-order valence-corrected chi connectivity index (χ1v) is 10.6. The van der Waals surface area contributed by atoms with Gasteiger partial charge in [0.15, 0.2) is 17.4 Å². The number of nitrogen functional groups attached to an aromatic ring is 1. The highest BCUT2D eigenvalue weighted by Crippen LogP contribution is 2.29. The fourth-order valence-corrected chi connectivity index (χ4v) is 3.73. The van der Waals surface area contributed by atoms with Crippen molar-refractivity contribution in [1.29, 1.82) is 0 Å². The fourth-order valence-electron chi connectivity index (χ4n) is 3.59. The lowest BCUT2D eigenvalue weighted by Gasteiger charge is -2.34. The Morgan fingerprint density at radius 3 is 2.68 bits per heavy atom. The van der Waals surface area contributed by atoms with Crippen LogP contribution in [0.3, 0.4) is 0 Å². The van der Waals surface area contributed by atoms with E-state index in [0.29, 0.717) is 22.1 Å². The maximum atomic E-state index is 13.0. The summed E-state index contributed by atoms with van der Waals surface area (Å²) in [5, 5.41) is 0.441.